The molecular weight excluding hydrogens is 400 g/mol. The molecule has 0 unspecified atom stereocenters. The van der Waals surface area contributed by atoms with Gasteiger partial charge in [0.1, 0.15) is 0 Å². The molecule has 0 saturated heterocycles. The molecule has 0 fully saturated rings. The van der Waals surface area contributed by atoms with Crippen molar-refractivity contribution in [2.45, 2.75) is 17.4 Å². The standard InChI is InChI=1S/C20H19ClN2O2S2/c21-16-7-9-17(10-8-16)27(24,25)22-14-19(20-6-3-13-26-20)23-12-11-15-4-1-2-5-18(15)23/h1-10,13,19,22H,11-12,14H2/t19-/m1/s1. The third-order valence-electron chi connectivity index (χ3n) is 4.76. The van der Waals surface area contributed by atoms with Crippen molar-refractivity contribution >= 4 is 38.6 Å². The third-order valence-corrected chi connectivity index (χ3v) is 7.43. The molecule has 1 N–H and O–H groups in total. The fourth-order valence-electron chi connectivity index (χ4n) is 3.42. The van der Waals surface area contributed by atoms with Crippen LogP contribution in [0, 0.1) is 0 Å². The SMILES string of the molecule is O=S(=O)(NC[C@H](c1cccs1)N1CCc2ccccc21)c1ccc(Cl)cc1. The van der Waals surface area contributed by atoms with Crippen LogP contribution in [-0.2, 0) is 16.4 Å². The molecule has 4 rings (SSSR count). The molecule has 0 bridgehead atoms. The van der Waals surface area contributed by atoms with Crippen molar-refractivity contribution in [1.29, 1.82) is 0 Å². The van der Waals surface area contributed by atoms with Gasteiger partial charge in [-0.05, 0) is 53.8 Å². The van der Waals surface area contributed by atoms with Crippen LogP contribution in [0.2, 0.25) is 5.02 Å². The van der Waals surface area contributed by atoms with Gasteiger partial charge < -0.3 is 4.90 Å². The minimum atomic E-state index is -3.60. The van der Waals surface area contributed by atoms with Gasteiger partial charge in [-0.25, -0.2) is 13.1 Å². The maximum Gasteiger partial charge on any atom is 0.240 e. The summed E-state index contributed by atoms with van der Waals surface area (Å²) in [6.45, 7) is 1.18. The molecule has 1 aliphatic heterocycles. The number of benzene rings is 2. The summed E-state index contributed by atoms with van der Waals surface area (Å²) >= 11 is 7.52. The highest BCUT2D eigenvalue weighted by atomic mass is 35.5. The second kappa shape index (κ2) is 7.64. The second-order valence-electron chi connectivity index (χ2n) is 6.41. The van der Waals surface area contributed by atoms with Crippen molar-refractivity contribution in [3.05, 3.63) is 81.5 Å². The summed E-state index contributed by atoms with van der Waals surface area (Å²) in [7, 11) is -3.60. The van der Waals surface area contributed by atoms with E-state index in [1.165, 1.54) is 23.4 Å². The second-order valence-corrected chi connectivity index (χ2v) is 9.59. The number of nitrogens with one attached hydrogen (secondary N) is 1. The van der Waals surface area contributed by atoms with Gasteiger partial charge in [-0.2, -0.15) is 0 Å². The number of fused-ring (bicyclic) bond motifs is 1. The van der Waals surface area contributed by atoms with E-state index in [0.717, 1.165) is 17.8 Å². The van der Waals surface area contributed by atoms with E-state index in [4.69, 9.17) is 11.6 Å². The molecule has 0 amide bonds. The fourth-order valence-corrected chi connectivity index (χ4v) is 5.42. The van der Waals surface area contributed by atoms with E-state index in [9.17, 15) is 8.42 Å². The van der Waals surface area contributed by atoms with Crippen LogP contribution in [0.15, 0.2) is 70.9 Å². The maximum atomic E-state index is 12.7. The summed E-state index contributed by atoms with van der Waals surface area (Å²) in [5.41, 5.74) is 2.49. The lowest BCUT2D eigenvalue weighted by atomic mass is 10.1. The summed E-state index contributed by atoms with van der Waals surface area (Å²) in [6, 6.07) is 18.6. The minimum Gasteiger partial charge on any atom is -0.362 e. The molecule has 27 heavy (non-hydrogen) atoms. The van der Waals surface area contributed by atoms with Crippen LogP contribution in [-0.4, -0.2) is 21.5 Å². The first kappa shape index (κ1) is 18.5. The first-order chi connectivity index (χ1) is 13.0. The molecule has 140 valence electrons. The van der Waals surface area contributed by atoms with Gasteiger partial charge in [0, 0.05) is 28.7 Å². The van der Waals surface area contributed by atoms with Crippen molar-refractivity contribution in [2.75, 3.05) is 18.0 Å². The predicted octanol–water partition coefficient (Wildman–Crippen LogP) is 4.48. The van der Waals surface area contributed by atoms with Gasteiger partial charge in [0.25, 0.3) is 0 Å². The lowest BCUT2D eigenvalue weighted by molar-refractivity contribution is 0.565. The van der Waals surface area contributed by atoms with Crippen molar-refractivity contribution in [2.24, 2.45) is 0 Å². The van der Waals surface area contributed by atoms with Gasteiger partial charge in [0.2, 0.25) is 10.0 Å². The molecule has 2 aromatic carbocycles. The number of hydrogen-bond acceptors (Lipinski definition) is 4. The summed E-state index contributed by atoms with van der Waals surface area (Å²) < 4.78 is 28.2. The molecule has 0 saturated carbocycles. The van der Waals surface area contributed by atoms with Crippen molar-refractivity contribution in [1.82, 2.24) is 4.72 Å². The monoisotopic (exact) mass is 418 g/mol. The maximum absolute atomic E-state index is 12.7. The molecule has 3 aromatic rings. The van der Waals surface area contributed by atoms with Crippen LogP contribution in [0.25, 0.3) is 0 Å². The summed E-state index contributed by atoms with van der Waals surface area (Å²) in [6.07, 6.45) is 0.974. The predicted molar refractivity (Wildman–Crippen MR) is 111 cm³/mol. The number of sulfonamides is 1. The van der Waals surface area contributed by atoms with Crippen LogP contribution < -0.4 is 9.62 Å². The Morgan fingerprint density at radius 2 is 1.85 bits per heavy atom. The van der Waals surface area contributed by atoms with E-state index >= 15 is 0 Å². The fraction of sp³-hybridized carbons (Fsp3) is 0.200. The number of anilines is 1. The van der Waals surface area contributed by atoms with Crippen LogP contribution >= 0.6 is 22.9 Å². The lowest BCUT2D eigenvalue weighted by Gasteiger charge is -2.30. The number of para-hydroxylation sites is 1. The quantitative estimate of drug-likeness (QED) is 0.641. The van der Waals surface area contributed by atoms with Crippen LogP contribution in [0.4, 0.5) is 5.69 Å². The van der Waals surface area contributed by atoms with Gasteiger partial charge in [-0.1, -0.05) is 35.9 Å². The van der Waals surface area contributed by atoms with Gasteiger partial charge >= 0.3 is 0 Å². The average molecular weight is 419 g/mol. The van der Waals surface area contributed by atoms with E-state index in [2.05, 4.69) is 27.8 Å². The number of hydrogen-bond donors (Lipinski definition) is 1. The molecule has 1 aromatic heterocycles. The Kier molecular flexibility index (Phi) is 5.23. The average Bonchev–Trinajstić information content (AvgIpc) is 3.33. The van der Waals surface area contributed by atoms with E-state index in [1.54, 1.807) is 23.5 Å². The highest BCUT2D eigenvalue weighted by Crippen LogP contribution is 2.36. The lowest BCUT2D eigenvalue weighted by Crippen LogP contribution is -2.37. The Labute approximate surface area is 168 Å². The summed E-state index contributed by atoms with van der Waals surface area (Å²) in [5.74, 6) is 0. The van der Waals surface area contributed by atoms with E-state index in [1.807, 2.05) is 23.6 Å². The van der Waals surface area contributed by atoms with Crippen molar-refractivity contribution < 1.29 is 8.42 Å². The van der Waals surface area contributed by atoms with E-state index in [-0.39, 0.29) is 10.9 Å². The van der Waals surface area contributed by atoms with E-state index < -0.39 is 10.0 Å². The van der Waals surface area contributed by atoms with Crippen molar-refractivity contribution in [3.8, 4) is 0 Å². The highest BCUT2D eigenvalue weighted by Gasteiger charge is 2.29. The highest BCUT2D eigenvalue weighted by molar-refractivity contribution is 7.89. The molecule has 4 nitrogen and oxygen atoms in total. The topological polar surface area (TPSA) is 49.4 Å². The van der Waals surface area contributed by atoms with Gasteiger partial charge in [0.05, 0.1) is 10.9 Å². The Morgan fingerprint density at radius 1 is 1.07 bits per heavy atom. The number of nitrogens with zero attached hydrogens (tertiary/aromatic N) is 1. The van der Waals surface area contributed by atoms with E-state index in [0.29, 0.717) is 11.6 Å². The Hall–Kier alpha value is -1.86. The molecule has 1 atom stereocenters. The minimum absolute atomic E-state index is 0.0456. The first-order valence-corrected chi connectivity index (χ1v) is 11.4. The third kappa shape index (κ3) is 3.89. The Bertz CT molecular complexity index is 1020. The smallest absolute Gasteiger partial charge is 0.240 e. The molecule has 1 aliphatic rings. The Balaban J connectivity index is 1.59. The zero-order chi connectivity index (χ0) is 18.9. The molecule has 0 aliphatic carbocycles. The molecule has 7 heteroatoms. The first-order valence-electron chi connectivity index (χ1n) is 8.68. The molecule has 2 heterocycles. The Morgan fingerprint density at radius 3 is 2.59 bits per heavy atom. The van der Waals surface area contributed by atoms with Crippen LogP contribution in [0.1, 0.15) is 16.5 Å². The van der Waals surface area contributed by atoms with Gasteiger partial charge in [0.15, 0.2) is 0 Å². The molecular formula is C20H19ClN2O2S2. The van der Waals surface area contributed by atoms with Gasteiger partial charge in [-0.3, -0.25) is 0 Å². The zero-order valence-electron chi connectivity index (χ0n) is 14.5. The normalized spacial score (nSPS) is 14.9. The number of rotatable bonds is 6. The number of thiophene rings is 1. The molecule has 0 spiro atoms. The summed E-state index contributed by atoms with van der Waals surface area (Å²) in [4.78, 5) is 3.66. The van der Waals surface area contributed by atoms with Crippen LogP contribution in [0.5, 0.6) is 0 Å². The number of halogens is 1. The zero-order valence-corrected chi connectivity index (χ0v) is 16.9. The van der Waals surface area contributed by atoms with Crippen LogP contribution in [0.3, 0.4) is 0 Å². The summed E-state index contributed by atoms with van der Waals surface area (Å²) in [5, 5.41) is 2.54. The van der Waals surface area contributed by atoms with Gasteiger partial charge in [-0.15, -0.1) is 11.3 Å². The largest absolute Gasteiger partial charge is 0.362 e. The van der Waals surface area contributed by atoms with Crippen molar-refractivity contribution in [3.63, 3.8) is 0 Å². The molecule has 0 radical (unpaired) electrons.